The molecule has 3 amide bonds. The first-order valence-corrected chi connectivity index (χ1v) is 30.2. The van der Waals surface area contributed by atoms with E-state index in [1.54, 1.807) is 38.1 Å². The van der Waals surface area contributed by atoms with Gasteiger partial charge in [0.15, 0.2) is 28.5 Å². The van der Waals surface area contributed by atoms with Gasteiger partial charge in [-0.15, -0.1) is 0 Å². The number of nitrogens with two attached hydrogens (primary N) is 1. The van der Waals surface area contributed by atoms with E-state index in [1.165, 1.54) is 17.7 Å². The highest BCUT2D eigenvalue weighted by molar-refractivity contribution is 7.90. The summed E-state index contributed by atoms with van der Waals surface area (Å²) in [6.45, 7) is 24.0. The summed E-state index contributed by atoms with van der Waals surface area (Å²) in [7, 11) is -9.73. The maximum atomic E-state index is 14.6. The standard InChI is InChI=1S/C45H72N6O14SSi2/c1-27(2)33(48-41(57)61-24-29-18-15-14-16-19-29)39(56)50-23-30(52)35(53)34(50)37(54)47-20-17-21-49-38(55)28(3)22-51(42(49)58)40-36(64-68(12,13)44(7,8)9)45(31(46)26-66(59,60)65-45)32(63-40)25-62-67(10,11)43(4,5)6/h14-16,18-19,22,26-27,30,32-36,40,52-53H,17,20-21,23-25,46H2,1-13H3,(H,47,54)(H,48,57)/t30-,32+,33-,34-,35-,36-,40+,45+/m0/s1. The van der Waals surface area contributed by atoms with Crippen LogP contribution in [0, 0.1) is 12.8 Å². The van der Waals surface area contributed by atoms with Gasteiger partial charge in [-0.1, -0.05) is 85.7 Å². The van der Waals surface area contributed by atoms with E-state index in [-0.39, 0.29) is 49.0 Å². The largest absolute Gasteiger partial charge is 0.445 e. The fourth-order valence-electron chi connectivity index (χ4n) is 7.83. The fourth-order valence-corrected chi connectivity index (χ4v) is 11.3. The monoisotopic (exact) mass is 1010 g/mol. The summed E-state index contributed by atoms with van der Waals surface area (Å²) in [6.07, 6.45) is -6.57. The first kappa shape index (κ1) is 54.7. The van der Waals surface area contributed by atoms with Crippen molar-refractivity contribution in [3.8, 4) is 0 Å². The number of benzene rings is 1. The summed E-state index contributed by atoms with van der Waals surface area (Å²) in [5, 5.41) is 26.9. The molecule has 5 rings (SSSR count). The van der Waals surface area contributed by atoms with Crippen molar-refractivity contribution in [2.24, 2.45) is 11.7 Å². The molecule has 20 nitrogen and oxygen atoms in total. The van der Waals surface area contributed by atoms with Gasteiger partial charge >= 0.3 is 11.8 Å². The highest BCUT2D eigenvalue weighted by Gasteiger charge is 2.67. The lowest BCUT2D eigenvalue weighted by Crippen LogP contribution is -2.59. The zero-order valence-corrected chi connectivity index (χ0v) is 44.3. The molecule has 1 spiro atoms. The number of hydrogen-bond acceptors (Lipinski definition) is 15. The second-order valence-corrected chi connectivity index (χ2v) is 32.3. The molecule has 6 N–H and O–H groups in total. The molecule has 2 aromatic rings. The van der Waals surface area contributed by atoms with Gasteiger partial charge in [0.05, 0.1) is 30.4 Å². The molecule has 3 aliphatic rings. The Morgan fingerprint density at radius 3 is 2.18 bits per heavy atom. The third kappa shape index (κ3) is 11.4. The van der Waals surface area contributed by atoms with Crippen molar-refractivity contribution < 1.29 is 55.5 Å². The number of β-amino-alcohol motifs (C(OH)–C–C–N with tert-alkyl or cyclic N) is 1. The van der Waals surface area contributed by atoms with Gasteiger partial charge in [-0.3, -0.25) is 23.5 Å². The van der Waals surface area contributed by atoms with Crippen LogP contribution in [0.3, 0.4) is 0 Å². The molecule has 2 fully saturated rings. The van der Waals surface area contributed by atoms with Gasteiger partial charge in [0.25, 0.3) is 15.7 Å². The van der Waals surface area contributed by atoms with Crippen molar-refractivity contribution in [3.63, 3.8) is 0 Å². The Bertz CT molecular complexity index is 2450. The number of likely N-dealkylation sites (tertiary alicyclic amines) is 1. The van der Waals surface area contributed by atoms with Crippen LogP contribution in [0.1, 0.15) is 79.2 Å². The van der Waals surface area contributed by atoms with Crippen molar-refractivity contribution in [1.29, 1.82) is 0 Å². The van der Waals surface area contributed by atoms with E-state index in [9.17, 15) is 42.6 Å². The summed E-state index contributed by atoms with van der Waals surface area (Å²) < 4.78 is 60.2. The van der Waals surface area contributed by atoms with Gasteiger partial charge < -0.3 is 49.8 Å². The molecule has 3 aliphatic heterocycles. The minimum absolute atomic E-state index is 0.00641. The number of hydrogen-bond donors (Lipinski definition) is 5. The molecule has 2 saturated heterocycles. The summed E-state index contributed by atoms with van der Waals surface area (Å²) in [6, 6.07) is 6.21. The third-order valence-corrected chi connectivity index (χ3v) is 24.0. The molecule has 380 valence electrons. The van der Waals surface area contributed by atoms with Gasteiger partial charge in [0.1, 0.15) is 37.0 Å². The van der Waals surface area contributed by atoms with E-state index in [0.29, 0.717) is 0 Å². The van der Waals surface area contributed by atoms with E-state index in [0.717, 1.165) is 20.4 Å². The molecule has 0 unspecified atom stereocenters. The van der Waals surface area contributed by atoms with Crippen LogP contribution in [-0.2, 0) is 55.4 Å². The topological polar surface area (TPSA) is 269 Å². The number of aromatic nitrogens is 2. The Morgan fingerprint density at radius 1 is 1.00 bits per heavy atom. The predicted octanol–water partition coefficient (Wildman–Crippen LogP) is 2.92. The predicted molar refractivity (Wildman–Crippen MR) is 257 cm³/mol. The molecule has 0 aliphatic carbocycles. The SMILES string of the molecule is Cc1cn([C@@H]2O[C@H](CO[Si](C)(C)C(C)(C)C)[C@@]3(OS(=O)(=O)C=C3N)[C@H]2O[Si](C)(C)C(C)(C)C)c(=O)n(CCCNC(=O)[C@@H]2[C@@H](O)[C@@H](O)CN2C(=O)[C@@H](NC(=O)OCc2ccccc2)C(C)C)c1=O. The van der Waals surface area contributed by atoms with Crippen LogP contribution in [0.4, 0.5) is 4.79 Å². The number of rotatable bonds is 16. The Labute approximate surface area is 400 Å². The quantitative estimate of drug-likeness (QED) is 0.0920. The Hall–Kier alpha value is -4.21. The average molecular weight is 1010 g/mol. The second-order valence-electron chi connectivity index (χ2n) is 21.4. The van der Waals surface area contributed by atoms with Gasteiger partial charge in [0.2, 0.25) is 11.8 Å². The van der Waals surface area contributed by atoms with Crippen molar-refractivity contribution in [2.75, 3.05) is 19.7 Å². The van der Waals surface area contributed by atoms with Crippen LogP contribution >= 0.6 is 0 Å². The lowest BCUT2D eigenvalue weighted by Gasteiger charge is -2.43. The number of aryl methyl sites for hydroxylation is 1. The summed E-state index contributed by atoms with van der Waals surface area (Å²) in [4.78, 5) is 69.7. The van der Waals surface area contributed by atoms with E-state index in [2.05, 4.69) is 10.6 Å². The van der Waals surface area contributed by atoms with Crippen LogP contribution in [0.5, 0.6) is 0 Å². The van der Waals surface area contributed by atoms with Gasteiger partial charge in [-0.2, -0.15) is 8.42 Å². The van der Waals surface area contributed by atoms with Gasteiger partial charge in [-0.05, 0) is 61.1 Å². The summed E-state index contributed by atoms with van der Waals surface area (Å²) in [5.41, 5.74) is 3.90. The zero-order chi connectivity index (χ0) is 51.1. The minimum atomic E-state index is -4.36. The highest BCUT2D eigenvalue weighted by atomic mass is 32.2. The first-order valence-electron chi connectivity index (χ1n) is 22.9. The van der Waals surface area contributed by atoms with Crippen molar-refractivity contribution >= 4 is 44.7 Å². The maximum absolute atomic E-state index is 14.6. The van der Waals surface area contributed by atoms with Crippen molar-refractivity contribution in [1.82, 2.24) is 24.7 Å². The molecule has 1 aromatic heterocycles. The third-order valence-electron chi connectivity index (χ3n) is 14.0. The van der Waals surface area contributed by atoms with Crippen LogP contribution in [0.2, 0.25) is 36.3 Å². The lowest BCUT2D eigenvalue weighted by molar-refractivity contribution is -0.142. The van der Waals surface area contributed by atoms with Crippen LogP contribution in [0.25, 0.3) is 0 Å². The number of nitrogens with one attached hydrogen (secondary N) is 2. The van der Waals surface area contributed by atoms with Gasteiger partial charge in [-0.25, -0.2) is 13.8 Å². The number of ether oxygens (including phenoxy) is 2. The molecule has 0 saturated carbocycles. The highest BCUT2D eigenvalue weighted by Crippen LogP contribution is 2.52. The van der Waals surface area contributed by atoms with Gasteiger partial charge in [0, 0.05) is 24.8 Å². The Kier molecular flexibility index (Phi) is 16.3. The number of amides is 3. The number of aliphatic hydroxyl groups is 2. The maximum Gasteiger partial charge on any atom is 0.408 e. The van der Waals surface area contributed by atoms with Crippen LogP contribution in [0.15, 0.2) is 57.2 Å². The molecule has 0 radical (unpaired) electrons. The second kappa shape index (κ2) is 20.3. The Morgan fingerprint density at radius 2 is 1.62 bits per heavy atom. The molecule has 1 aromatic carbocycles. The Balaban J connectivity index is 1.39. The molecule has 8 atom stereocenters. The number of carbonyl (C=O) groups is 3. The molecule has 68 heavy (non-hydrogen) atoms. The van der Waals surface area contributed by atoms with E-state index in [1.807, 2.05) is 73.8 Å². The fraction of sp³-hybridized carbons (Fsp3) is 0.667. The normalized spacial score (nSPS) is 25.7. The first-order chi connectivity index (χ1) is 31.3. The minimum Gasteiger partial charge on any atom is -0.445 e. The van der Waals surface area contributed by atoms with E-state index < -0.39 is 122 Å². The summed E-state index contributed by atoms with van der Waals surface area (Å²) >= 11 is 0. The van der Waals surface area contributed by atoms with Crippen molar-refractivity contribution in [3.05, 3.63) is 79.6 Å². The molecule has 4 heterocycles. The van der Waals surface area contributed by atoms with Crippen molar-refractivity contribution in [2.45, 2.75) is 166 Å². The lowest BCUT2D eigenvalue weighted by atomic mass is 9.89. The summed E-state index contributed by atoms with van der Waals surface area (Å²) in [5.74, 6) is -2.02. The molecule has 0 bridgehead atoms. The number of alkyl carbamates (subject to hydrolysis) is 1. The molecular formula is C45H72N6O14SSi2. The number of aliphatic hydroxyl groups excluding tert-OH is 2. The smallest absolute Gasteiger partial charge is 0.408 e. The van der Waals surface area contributed by atoms with E-state index >= 15 is 0 Å². The van der Waals surface area contributed by atoms with Crippen LogP contribution < -0.4 is 27.6 Å². The average Bonchev–Trinajstić information content (AvgIpc) is 3.79. The zero-order valence-electron chi connectivity index (χ0n) is 41.5. The van der Waals surface area contributed by atoms with Crippen LogP contribution in [-0.4, -0.2) is 129 Å². The number of carbonyl (C=O) groups excluding carboxylic acids is 3. The molecule has 23 heteroatoms. The van der Waals surface area contributed by atoms with E-state index in [4.69, 9.17) is 28.2 Å². The molecular weight excluding hydrogens is 937 g/mol. The number of nitrogens with zero attached hydrogens (tertiary/aromatic N) is 3.